The normalized spacial score (nSPS) is 20.3. The molecule has 0 amide bonds. The quantitative estimate of drug-likeness (QED) is 0.333. The highest BCUT2D eigenvalue weighted by Gasteiger charge is 2.30. The molecule has 0 saturated heterocycles. The lowest BCUT2D eigenvalue weighted by Crippen LogP contribution is -2.24. The van der Waals surface area contributed by atoms with Crippen molar-refractivity contribution < 1.29 is 9.59 Å². The second kappa shape index (κ2) is 8.29. The number of carbonyl (C=O) groups excluding carboxylic acids is 2. The van der Waals surface area contributed by atoms with Crippen LogP contribution in [0.15, 0.2) is 58.7 Å². The monoisotopic (exact) mass is 308 g/mol. The summed E-state index contributed by atoms with van der Waals surface area (Å²) in [5, 5.41) is 0. The molecule has 1 aliphatic rings. The third-order valence-corrected chi connectivity index (χ3v) is 3.65. The van der Waals surface area contributed by atoms with Crippen molar-refractivity contribution in [2.45, 2.75) is 41.0 Å². The first-order valence-corrected chi connectivity index (χ1v) is 7.67. The molecule has 0 unspecified atom stereocenters. The van der Waals surface area contributed by atoms with Crippen LogP contribution in [0.25, 0.3) is 0 Å². The summed E-state index contributed by atoms with van der Waals surface area (Å²) in [6.07, 6.45) is 12.0. The SMILES string of the molecule is CC(C#CC=C(C)C=CC=O)=CC=C1C(C)=CC(=O)CC1(C)C. The zero-order chi connectivity index (χ0) is 17.5. The highest BCUT2D eigenvalue weighted by atomic mass is 16.1. The molecule has 0 saturated carbocycles. The van der Waals surface area contributed by atoms with Gasteiger partial charge in [0.2, 0.25) is 0 Å². The van der Waals surface area contributed by atoms with E-state index in [0.717, 1.165) is 23.0 Å². The molecule has 2 nitrogen and oxygen atoms in total. The van der Waals surface area contributed by atoms with Crippen molar-refractivity contribution in [1.82, 2.24) is 0 Å². The van der Waals surface area contributed by atoms with E-state index < -0.39 is 0 Å². The van der Waals surface area contributed by atoms with E-state index in [1.54, 1.807) is 18.2 Å². The van der Waals surface area contributed by atoms with Crippen LogP contribution in [0.2, 0.25) is 0 Å². The van der Waals surface area contributed by atoms with E-state index in [0.29, 0.717) is 6.42 Å². The predicted octanol–water partition coefficient (Wildman–Crippen LogP) is 4.51. The molecular formula is C21H24O2. The lowest BCUT2D eigenvalue weighted by molar-refractivity contribution is -0.116. The van der Waals surface area contributed by atoms with Gasteiger partial charge in [-0.2, -0.15) is 0 Å². The van der Waals surface area contributed by atoms with Gasteiger partial charge in [-0.25, -0.2) is 0 Å². The van der Waals surface area contributed by atoms with Crippen LogP contribution in [-0.4, -0.2) is 12.1 Å². The van der Waals surface area contributed by atoms with Crippen LogP contribution >= 0.6 is 0 Å². The summed E-state index contributed by atoms with van der Waals surface area (Å²) >= 11 is 0. The van der Waals surface area contributed by atoms with Gasteiger partial charge in [-0.15, -0.1) is 0 Å². The summed E-state index contributed by atoms with van der Waals surface area (Å²) in [6, 6.07) is 0. The smallest absolute Gasteiger partial charge is 0.156 e. The van der Waals surface area contributed by atoms with Crippen molar-refractivity contribution >= 4 is 12.1 Å². The standard InChI is InChI=1S/C21H24O2/c1-16(10-7-13-22)8-6-9-17(2)11-12-20-18(3)14-19(23)15-21(20,4)5/h7-8,10-14H,15H2,1-5H3. The molecule has 0 atom stereocenters. The van der Waals surface area contributed by atoms with Gasteiger partial charge in [0.1, 0.15) is 6.29 Å². The average Bonchev–Trinajstić information content (AvgIpc) is 2.43. The van der Waals surface area contributed by atoms with Crippen molar-refractivity contribution in [3.63, 3.8) is 0 Å². The highest BCUT2D eigenvalue weighted by Crippen LogP contribution is 2.38. The minimum absolute atomic E-state index is 0.143. The molecule has 0 spiro atoms. The molecule has 23 heavy (non-hydrogen) atoms. The maximum atomic E-state index is 11.7. The summed E-state index contributed by atoms with van der Waals surface area (Å²) in [6.45, 7) is 10.0. The van der Waals surface area contributed by atoms with Gasteiger partial charge in [-0.05, 0) is 66.7 Å². The number of hydrogen-bond acceptors (Lipinski definition) is 2. The van der Waals surface area contributed by atoms with Crippen LogP contribution in [0.1, 0.15) is 41.0 Å². The third-order valence-electron chi connectivity index (χ3n) is 3.65. The molecule has 0 aliphatic heterocycles. The maximum absolute atomic E-state index is 11.7. The van der Waals surface area contributed by atoms with E-state index in [1.165, 1.54) is 11.6 Å². The topological polar surface area (TPSA) is 34.1 Å². The number of carbonyl (C=O) groups is 2. The molecule has 0 aromatic carbocycles. The van der Waals surface area contributed by atoms with Crippen molar-refractivity contribution in [3.05, 3.63) is 58.7 Å². The molecule has 0 radical (unpaired) electrons. The first-order chi connectivity index (χ1) is 10.8. The summed E-state index contributed by atoms with van der Waals surface area (Å²) < 4.78 is 0. The Balaban J connectivity index is 2.95. The third kappa shape index (κ3) is 6.08. The zero-order valence-corrected chi connectivity index (χ0v) is 14.6. The second-order valence-electron chi connectivity index (χ2n) is 6.44. The summed E-state index contributed by atoms with van der Waals surface area (Å²) in [7, 11) is 0. The van der Waals surface area contributed by atoms with E-state index in [2.05, 4.69) is 31.8 Å². The van der Waals surface area contributed by atoms with Crippen molar-refractivity contribution in [1.29, 1.82) is 0 Å². The van der Waals surface area contributed by atoms with Gasteiger partial charge in [0.25, 0.3) is 0 Å². The number of ketones is 1. The molecule has 2 heteroatoms. The lowest BCUT2D eigenvalue weighted by Gasteiger charge is -2.31. The summed E-state index contributed by atoms with van der Waals surface area (Å²) in [5.41, 5.74) is 3.94. The minimum Gasteiger partial charge on any atom is -0.299 e. The molecule has 0 N–H and O–H groups in total. The lowest BCUT2D eigenvalue weighted by atomic mass is 9.72. The second-order valence-corrected chi connectivity index (χ2v) is 6.44. The summed E-state index contributed by atoms with van der Waals surface area (Å²) in [4.78, 5) is 21.9. The van der Waals surface area contributed by atoms with Gasteiger partial charge < -0.3 is 0 Å². The number of allylic oxidation sites excluding steroid dienone is 10. The molecule has 120 valence electrons. The molecule has 0 fully saturated rings. The van der Waals surface area contributed by atoms with E-state index in [-0.39, 0.29) is 11.2 Å². The fraction of sp³-hybridized carbons (Fsp3) is 0.333. The maximum Gasteiger partial charge on any atom is 0.156 e. The van der Waals surface area contributed by atoms with E-state index >= 15 is 0 Å². The Hall–Kier alpha value is -2.40. The first kappa shape index (κ1) is 18.6. The Morgan fingerprint density at radius 1 is 1.30 bits per heavy atom. The van der Waals surface area contributed by atoms with E-state index in [1.807, 2.05) is 26.8 Å². The minimum atomic E-state index is -0.143. The Labute approximate surface area is 139 Å². The number of hydrogen-bond donors (Lipinski definition) is 0. The van der Waals surface area contributed by atoms with Gasteiger partial charge in [0.15, 0.2) is 5.78 Å². The molecule has 0 bridgehead atoms. The summed E-state index contributed by atoms with van der Waals surface area (Å²) in [5.74, 6) is 6.23. The van der Waals surface area contributed by atoms with Crippen molar-refractivity contribution in [2.75, 3.05) is 0 Å². The fourth-order valence-electron chi connectivity index (χ4n) is 2.54. The van der Waals surface area contributed by atoms with Gasteiger partial charge in [-0.1, -0.05) is 43.9 Å². The van der Waals surface area contributed by atoms with Crippen molar-refractivity contribution in [3.8, 4) is 11.8 Å². The molecule has 0 aromatic rings. The van der Waals surface area contributed by atoms with E-state index in [9.17, 15) is 9.59 Å². The molecule has 1 aliphatic carbocycles. The van der Waals surface area contributed by atoms with Gasteiger partial charge in [0.05, 0.1) is 0 Å². The van der Waals surface area contributed by atoms with Gasteiger partial charge in [-0.3, -0.25) is 9.59 Å². The van der Waals surface area contributed by atoms with Crippen LogP contribution in [-0.2, 0) is 9.59 Å². The van der Waals surface area contributed by atoms with E-state index in [4.69, 9.17) is 0 Å². The predicted molar refractivity (Wildman–Crippen MR) is 95.7 cm³/mol. The van der Waals surface area contributed by atoms with Crippen LogP contribution in [0.5, 0.6) is 0 Å². The molecular weight excluding hydrogens is 284 g/mol. The average molecular weight is 308 g/mol. The number of rotatable bonds is 3. The van der Waals surface area contributed by atoms with Crippen molar-refractivity contribution in [2.24, 2.45) is 5.41 Å². The van der Waals surface area contributed by atoms with Crippen LogP contribution < -0.4 is 0 Å². The van der Waals surface area contributed by atoms with Crippen LogP contribution in [0.4, 0.5) is 0 Å². The largest absolute Gasteiger partial charge is 0.299 e. The molecule has 1 rings (SSSR count). The molecule has 0 heterocycles. The fourth-order valence-corrected chi connectivity index (χ4v) is 2.54. The highest BCUT2D eigenvalue weighted by molar-refractivity contribution is 5.93. The van der Waals surface area contributed by atoms with Crippen LogP contribution in [0, 0.1) is 17.3 Å². The first-order valence-electron chi connectivity index (χ1n) is 7.67. The zero-order valence-electron chi connectivity index (χ0n) is 14.6. The van der Waals surface area contributed by atoms with Crippen LogP contribution in [0.3, 0.4) is 0 Å². The Kier molecular flexibility index (Phi) is 6.72. The van der Waals surface area contributed by atoms with Gasteiger partial charge in [0, 0.05) is 6.42 Å². The van der Waals surface area contributed by atoms with Gasteiger partial charge >= 0.3 is 0 Å². The Bertz CT molecular complexity index is 696. The molecule has 0 aromatic heterocycles. The number of aldehydes is 1. The Morgan fingerprint density at radius 3 is 2.61 bits per heavy atom. The Morgan fingerprint density at radius 2 is 2.00 bits per heavy atom.